The Morgan fingerprint density at radius 3 is 2.24 bits per heavy atom. The van der Waals surface area contributed by atoms with Gasteiger partial charge in [-0.2, -0.15) is 0 Å². The molecule has 94 valence electrons. The van der Waals surface area contributed by atoms with Crippen molar-refractivity contribution in [2.75, 3.05) is 0 Å². The van der Waals surface area contributed by atoms with Crippen molar-refractivity contribution in [3.8, 4) is 0 Å². The summed E-state index contributed by atoms with van der Waals surface area (Å²) < 4.78 is 0. The van der Waals surface area contributed by atoms with Gasteiger partial charge < -0.3 is 0 Å². The van der Waals surface area contributed by atoms with Crippen molar-refractivity contribution in [2.24, 2.45) is 11.8 Å². The number of hydrogen-bond acceptors (Lipinski definition) is 2. The van der Waals surface area contributed by atoms with E-state index < -0.39 is 0 Å². The number of hydrogen-bond donors (Lipinski definition) is 2. The lowest BCUT2D eigenvalue weighted by Gasteiger charge is -2.21. The molecule has 0 bridgehead atoms. The van der Waals surface area contributed by atoms with E-state index in [1.165, 1.54) is 30.4 Å². The first-order chi connectivity index (χ1) is 8.00. The maximum absolute atomic E-state index is 5.65. The molecule has 3 N–H and O–H groups in total. The predicted molar refractivity (Wildman–Crippen MR) is 72.5 cm³/mol. The Balaban J connectivity index is 2.09. The van der Waals surface area contributed by atoms with E-state index in [0.717, 1.165) is 5.92 Å². The van der Waals surface area contributed by atoms with Gasteiger partial charge in [0.05, 0.1) is 0 Å². The molecule has 0 radical (unpaired) electrons. The van der Waals surface area contributed by atoms with Crippen LogP contribution < -0.4 is 11.3 Å². The van der Waals surface area contributed by atoms with Crippen LogP contribution >= 0.6 is 0 Å². The number of hydrazine groups is 1. The molecule has 1 saturated carbocycles. The Hall–Kier alpha value is -0.860. The van der Waals surface area contributed by atoms with Crippen molar-refractivity contribution >= 4 is 0 Å². The van der Waals surface area contributed by atoms with Gasteiger partial charge in [0.1, 0.15) is 0 Å². The molecule has 1 aromatic rings. The third-order valence-electron chi connectivity index (χ3n) is 3.65. The molecule has 1 aliphatic rings. The fraction of sp³-hybridized carbons (Fsp3) is 0.600. The summed E-state index contributed by atoms with van der Waals surface area (Å²) in [6.07, 6.45) is 3.92. The van der Waals surface area contributed by atoms with Crippen LogP contribution in [0, 0.1) is 5.92 Å². The van der Waals surface area contributed by atoms with Crippen LogP contribution in [0.25, 0.3) is 0 Å². The van der Waals surface area contributed by atoms with Gasteiger partial charge in [0.15, 0.2) is 0 Å². The summed E-state index contributed by atoms with van der Waals surface area (Å²) >= 11 is 0. The predicted octanol–water partition coefficient (Wildman–Crippen LogP) is 3.29. The molecule has 1 aliphatic carbocycles. The Kier molecular flexibility index (Phi) is 3.55. The zero-order valence-electron chi connectivity index (χ0n) is 11.2. The Labute approximate surface area is 105 Å². The summed E-state index contributed by atoms with van der Waals surface area (Å²) in [5, 5.41) is 0. The van der Waals surface area contributed by atoms with Crippen LogP contribution in [0.2, 0.25) is 0 Å². The van der Waals surface area contributed by atoms with Crippen LogP contribution in [-0.2, 0) is 5.41 Å². The third-order valence-corrected chi connectivity index (χ3v) is 3.65. The van der Waals surface area contributed by atoms with Crippen molar-refractivity contribution in [3.05, 3.63) is 35.4 Å². The molecular weight excluding hydrogens is 208 g/mol. The molecular formula is C15H24N2. The van der Waals surface area contributed by atoms with E-state index in [1.54, 1.807) is 0 Å². The lowest BCUT2D eigenvalue weighted by molar-refractivity contribution is 0.486. The molecule has 0 aromatic heterocycles. The number of benzene rings is 1. The molecule has 2 nitrogen and oxygen atoms in total. The highest BCUT2D eigenvalue weighted by Crippen LogP contribution is 2.37. The van der Waals surface area contributed by atoms with E-state index in [1.807, 2.05) is 0 Å². The summed E-state index contributed by atoms with van der Waals surface area (Å²) in [4.78, 5) is 0. The van der Waals surface area contributed by atoms with E-state index in [9.17, 15) is 0 Å². The van der Waals surface area contributed by atoms with Gasteiger partial charge in [-0.25, -0.2) is 0 Å². The molecule has 0 amide bonds. The highest BCUT2D eigenvalue weighted by Gasteiger charge is 2.25. The van der Waals surface area contributed by atoms with Gasteiger partial charge in [-0.15, -0.1) is 0 Å². The zero-order valence-corrected chi connectivity index (χ0v) is 11.2. The summed E-state index contributed by atoms with van der Waals surface area (Å²) in [6.45, 7) is 6.72. The molecule has 2 heteroatoms. The fourth-order valence-corrected chi connectivity index (χ4v) is 2.20. The van der Waals surface area contributed by atoms with Gasteiger partial charge in [-0.3, -0.25) is 11.3 Å². The fourth-order valence-electron chi connectivity index (χ4n) is 2.20. The Bertz CT molecular complexity index is 358. The molecule has 0 aliphatic heterocycles. The highest BCUT2D eigenvalue weighted by molar-refractivity contribution is 5.29. The first kappa shape index (κ1) is 12.6. The Morgan fingerprint density at radius 1 is 1.24 bits per heavy atom. The van der Waals surface area contributed by atoms with Gasteiger partial charge >= 0.3 is 0 Å². The van der Waals surface area contributed by atoms with Crippen molar-refractivity contribution in [1.29, 1.82) is 0 Å². The number of nitrogens with one attached hydrogen (secondary N) is 1. The molecule has 0 spiro atoms. The lowest BCUT2D eigenvalue weighted by Crippen LogP contribution is -2.28. The minimum Gasteiger partial charge on any atom is -0.271 e. The van der Waals surface area contributed by atoms with Gasteiger partial charge in [0.2, 0.25) is 0 Å². The maximum Gasteiger partial charge on any atom is 0.0462 e. The molecule has 1 unspecified atom stereocenters. The average Bonchev–Trinajstić information content (AvgIpc) is 3.09. The highest BCUT2D eigenvalue weighted by atomic mass is 15.2. The van der Waals surface area contributed by atoms with Crippen LogP contribution in [0.5, 0.6) is 0 Å². The molecule has 2 rings (SSSR count). The topological polar surface area (TPSA) is 38.0 Å². The standard InChI is InChI=1S/C15H24N2/c1-15(2,3)13-8-6-12(7-9-13)14(17-16)10-11-4-5-11/h6-9,11,14,17H,4-5,10,16H2,1-3H3. The summed E-state index contributed by atoms with van der Waals surface area (Å²) in [7, 11) is 0. The van der Waals surface area contributed by atoms with Gasteiger partial charge in [0.25, 0.3) is 0 Å². The maximum atomic E-state index is 5.65. The van der Waals surface area contributed by atoms with Crippen LogP contribution in [0.1, 0.15) is 57.2 Å². The first-order valence-corrected chi connectivity index (χ1v) is 6.57. The van der Waals surface area contributed by atoms with E-state index in [4.69, 9.17) is 5.84 Å². The SMILES string of the molecule is CC(C)(C)c1ccc(C(CC2CC2)NN)cc1. The Morgan fingerprint density at radius 2 is 1.82 bits per heavy atom. The smallest absolute Gasteiger partial charge is 0.0462 e. The van der Waals surface area contributed by atoms with E-state index in [-0.39, 0.29) is 5.41 Å². The minimum absolute atomic E-state index is 0.223. The first-order valence-electron chi connectivity index (χ1n) is 6.57. The third kappa shape index (κ3) is 3.30. The summed E-state index contributed by atoms with van der Waals surface area (Å²) in [6, 6.07) is 9.21. The van der Waals surface area contributed by atoms with E-state index >= 15 is 0 Å². The van der Waals surface area contributed by atoms with Crippen LogP contribution in [0.4, 0.5) is 0 Å². The van der Waals surface area contributed by atoms with Gasteiger partial charge in [0, 0.05) is 6.04 Å². The molecule has 0 saturated heterocycles. The normalized spacial score (nSPS) is 18.1. The molecule has 1 aromatic carbocycles. The van der Waals surface area contributed by atoms with Gasteiger partial charge in [-0.1, -0.05) is 57.9 Å². The van der Waals surface area contributed by atoms with Crippen LogP contribution in [-0.4, -0.2) is 0 Å². The van der Waals surface area contributed by atoms with E-state index in [2.05, 4.69) is 50.5 Å². The minimum atomic E-state index is 0.223. The number of rotatable bonds is 4. The van der Waals surface area contributed by atoms with Crippen molar-refractivity contribution in [1.82, 2.24) is 5.43 Å². The average molecular weight is 232 g/mol. The lowest BCUT2D eigenvalue weighted by atomic mass is 9.86. The number of nitrogens with two attached hydrogens (primary N) is 1. The molecule has 17 heavy (non-hydrogen) atoms. The van der Waals surface area contributed by atoms with Crippen molar-refractivity contribution < 1.29 is 0 Å². The van der Waals surface area contributed by atoms with Gasteiger partial charge in [-0.05, 0) is 28.9 Å². The molecule has 1 atom stereocenters. The summed E-state index contributed by atoms with van der Waals surface area (Å²) in [5.41, 5.74) is 5.86. The summed E-state index contributed by atoms with van der Waals surface area (Å²) in [5.74, 6) is 6.54. The van der Waals surface area contributed by atoms with Crippen molar-refractivity contribution in [2.45, 2.75) is 51.5 Å². The quantitative estimate of drug-likeness (QED) is 0.617. The van der Waals surface area contributed by atoms with Crippen molar-refractivity contribution in [3.63, 3.8) is 0 Å². The van der Waals surface area contributed by atoms with Crippen LogP contribution in [0.3, 0.4) is 0 Å². The monoisotopic (exact) mass is 232 g/mol. The molecule has 1 fully saturated rings. The molecule has 0 heterocycles. The second kappa shape index (κ2) is 4.79. The van der Waals surface area contributed by atoms with Crippen LogP contribution in [0.15, 0.2) is 24.3 Å². The van der Waals surface area contributed by atoms with E-state index in [0.29, 0.717) is 6.04 Å². The largest absolute Gasteiger partial charge is 0.271 e. The second-order valence-electron chi connectivity index (χ2n) is 6.27. The second-order valence-corrected chi connectivity index (χ2v) is 6.27. The zero-order chi connectivity index (χ0) is 12.5.